The number of benzene rings is 1. The Kier molecular flexibility index (Phi) is 5.42. The largest absolute Gasteiger partial charge is 0.462 e. The summed E-state index contributed by atoms with van der Waals surface area (Å²) < 4.78 is 5.76. The van der Waals surface area contributed by atoms with Crippen molar-refractivity contribution in [2.75, 3.05) is 37.6 Å². The number of carbonyl (C=O) groups is 1. The van der Waals surface area contributed by atoms with Gasteiger partial charge in [-0.2, -0.15) is 0 Å². The Morgan fingerprint density at radius 3 is 2.54 bits per heavy atom. The number of esters is 1. The van der Waals surface area contributed by atoms with Crippen molar-refractivity contribution in [3.05, 3.63) is 29.3 Å². The Morgan fingerprint density at radius 2 is 1.81 bits per heavy atom. The summed E-state index contributed by atoms with van der Waals surface area (Å²) in [6.07, 6.45) is 7.78. The van der Waals surface area contributed by atoms with Crippen molar-refractivity contribution < 1.29 is 9.53 Å². The number of ether oxygens (including phenoxy) is 1. The monoisotopic (exact) mass is 376 g/mol. The molecular weight excluding hydrogens is 348 g/mol. The van der Waals surface area contributed by atoms with Crippen LogP contribution in [-0.4, -0.2) is 49.7 Å². The number of nitrogens with zero attached hydrogens (tertiary/aromatic N) is 2. The van der Waals surface area contributed by atoms with Crippen LogP contribution in [0.1, 0.15) is 44.9 Å². The standard InChI is InChI=1S/C21H29ClN2O2/c22-18-6-2-3-7-19(18)24-14-12-23(13-15-24)11-8-17-16-21(20(25)26-17)9-4-1-5-10-21/h2-3,6-7,17H,1,4-5,8-16H2/t17-/m1/s1. The van der Waals surface area contributed by atoms with E-state index in [1.165, 1.54) is 19.3 Å². The summed E-state index contributed by atoms with van der Waals surface area (Å²) in [6.45, 7) is 5.09. The fourth-order valence-corrected chi connectivity index (χ4v) is 5.14. The van der Waals surface area contributed by atoms with Crippen LogP contribution in [0.15, 0.2) is 24.3 Å². The van der Waals surface area contributed by atoms with Crippen LogP contribution in [0.5, 0.6) is 0 Å². The summed E-state index contributed by atoms with van der Waals surface area (Å²) in [6, 6.07) is 8.07. The molecule has 142 valence electrons. The van der Waals surface area contributed by atoms with E-state index >= 15 is 0 Å². The zero-order valence-electron chi connectivity index (χ0n) is 15.5. The molecule has 3 aliphatic rings. The molecule has 1 aromatic carbocycles. The van der Waals surface area contributed by atoms with E-state index < -0.39 is 0 Å². The fourth-order valence-electron chi connectivity index (χ4n) is 4.88. The maximum Gasteiger partial charge on any atom is 0.312 e. The van der Waals surface area contributed by atoms with Crippen LogP contribution >= 0.6 is 11.6 Å². The van der Waals surface area contributed by atoms with E-state index in [1.807, 2.05) is 18.2 Å². The van der Waals surface area contributed by atoms with E-state index in [1.54, 1.807) is 0 Å². The second-order valence-corrected chi connectivity index (χ2v) is 8.55. The molecule has 1 aliphatic carbocycles. The van der Waals surface area contributed by atoms with Gasteiger partial charge >= 0.3 is 5.97 Å². The van der Waals surface area contributed by atoms with Crippen molar-refractivity contribution in [2.24, 2.45) is 5.41 Å². The van der Waals surface area contributed by atoms with Crippen molar-refractivity contribution in [3.63, 3.8) is 0 Å². The van der Waals surface area contributed by atoms with Crippen LogP contribution in [-0.2, 0) is 9.53 Å². The highest BCUT2D eigenvalue weighted by molar-refractivity contribution is 6.33. The highest BCUT2D eigenvalue weighted by Crippen LogP contribution is 2.46. The first-order valence-electron chi connectivity index (χ1n) is 10.1. The molecule has 4 rings (SSSR count). The quantitative estimate of drug-likeness (QED) is 0.740. The minimum absolute atomic E-state index is 0.0886. The van der Waals surface area contributed by atoms with Crippen molar-refractivity contribution >= 4 is 23.3 Å². The van der Waals surface area contributed by atoms with Gasteiger partial charge < -0.3 is 9.64 Å². The van der Waals surface area contributed by atoms with E-state index in [4.69, 9.17) is 16.3 Å². The minimum atomic E-state index is -0.133. The van der Waals surface area contributed by atoms with Gasteiger partial charge in [-0.3, -0.25) is 9.69 Å². The van der Waals surface area contributed by atoms with Crippen LogP contribution < -0.4 is 4.90 Å². The van der Waals surface area contributed by atoms with E-state index in [0.717, 1.165) is 69.1 Å². The third-order valence-electron chi connectivity index (χ3n) is 6.47. The summed E-state index contributed by atoms with van der Waals surface area (Å²) in [5, 5.41) is 0.830. The van der Waals surface area contributed by atoms with Gasteiger partial charge in [0.05, 0.1) is 16.1 Å². The molecule has 0 N–H and O–H groups in total. The van der Waals surface area contributed by atoms with Crippen molar-refractivity contribution in [1.29, 1.82) is 0 Å². The first kappa shape index (κ1) is 18.1. The molecule has 0 radical (unpaired) electrons. The van der Waals surface area contributed by atoms with E-state index in [-0.39, 0.29) is 17.5 Å². The van der Waals surface area contributed by atoms with Crippen molar-refractivity contribution in [1.82, 2.24) is 4.90 Å². The number of hydrogen-bond acceptors (Lipinski definition) is 4. The molecule has 26 heavy (non-hydrogen) atoms. The van der Waals surface area contributed by atoms with Crippen LogP contribution in [0.25, 0.3) is 0 Å². The number of anilines is 1. The topological polar surface area (TPSA) is 32.8 Å². The summed E-state index contributed by atoms with van der Waals surface area (Å²) in [7, 11) is 0. The van der Waals surface area contributed by atoms with Gasteiger partial charge in [-0.25, -0.2) is 0 Å². The van der Waals surface area contributed by atoms with Gasteiger partial charge in [-0.1, -0.05) is 43.0 Å². The van der Waals surface area contributed by atoms with Gasteiger partial charge in [0, 0.05) is 39.1 Å². The molecule has 0 amide bonds. The Bertz CT molecular complexity index is 637. The lowest BCUT2D eigenvalue weighted by atomic mass is 9.72. The van der Waals surface area contributed by atoms with Crippen molar-refractivity contribution in [2.45, 2.75) is 51.0 Å². The second-order valence-electron chi connectivity index (χ2n) is 8.14. The molecule has 1 spiro atoms. The normalized spacial score (nSPS) is 26.3. The van der Waals surface area contributed by atoms with Gasteiger partial charge in [0.1, 0.15) is 6.10 Å². The molecule has 1 aromatic rings. The summed E-state index contributed by atoms with van der Waals surface area (Å²) in [4.78, 5) is 17.2. The summed E-state index contributed by atoms with van der Waals surface area (Å²) >= 11 is 6.32. The molecule has 1 atom stereocenters. The first-order chi connectivity index (χ1) is 12.7. The average molecular weight is 377 g/mol. The van der Waals surface area contributed by atoms with Crippen LogP contribution in [0.2, 0.25) is 5.02 Å². The molecule has 2 saturated heterocycles. The van der Waals surface area contributed by atoms with Gasteiger partial charge in [0.25, 0.3) is 0 Å². The Balaban J connectivity index is 1.24. The van der Waals surface area contributed by atoms with E-state index in [0.29, 0.717) is 0 Å². The summed E-state index contributed by atoms with van der Waals surface area (Å²) in [5.41, 5.74) is 1.00. The molecule has 2 aliphatic heterocycles. The van der Waals surface area contributed by atoms with Crippen LogP contribution in [0.4, 0.5) is 5.69 Å². The molecule has 3 fully saturated rings. The number of piperazine rings is 1. The van der Waals surface area contributed by atoms with Crippen molar-refractivity contribution in [3.8, 4) is 0 Å². The lowest BCUT2D eigenvalue weighted by Crippen LogP contribution is -2.47. The average Bonchev–Trinajstić information content (AvgIpc) is 2.96. The van der Waals surface area contributed by atoms with Crippen LogP contribution in [0, 0.1) is 5.41 Å². The Morgan fingerprint density at radius 1 is 1.08 bits per heavy atom. The highest BCUT2D eigenvalue weighted by Gasteiger charge is 2.48. The number of cyclic esters (lactones) is 1. The van der Waals surface area contributed by atoms with Gasteiger partial charge in [-0.15, -0.1) is 0 Å². The zero-order chi connectivity index (χ0) is 18.0. The molecular formula is C21H29ClN2O2. The molecule has 1 saturated carbocycles. The summed E-state index contributed by atoms with van der Waals surface area (Å²) in [5.74, 6) is 0.0886. The molecule has 4 nitrogen and oxygen atoms in total. The molecule has 2 heterocycles. The first-order valence-corrected chi connectivity index (χ1v) is 10.5. The molecule has 0 unspecified atom stereocenters. The van der Waals surface area contributed by atoms with Gasteiger partial charge in [0.2, 0.25) is 0 Å². The molecule has 0 aromatic heterocycles. The Labute approximate surface area is 161 Å². The Hall–Kier alpha value is -1.26. The van der Waals surface area contributed by atoms with Crippen LogP contribution in [0.3, 0.4) is 0 Å². The highest BCUT2D eigenvalue weighted by atomic mass is 35.5. The predicted octanol–water partition coefficient (Wildman–Crippen LogP) is 4.12. The number of para-hydroxylation sites is 1. The van der Waals surface area contributed by atoms with Gasteiger partial charge in [0.15, 0.2) is 0 Å². The lowest BCUT2D eigenvalue weighted by molar-refractivity contribution is -0.150. The third-order valence-corrected chi connectivity index (χ3v) is 6.79. The van der Waals surface area contributed by atoms with E-state index in [2.05, 4.69) is 15.9 Å². The maximum atomic E-state index is 12.4. The number of halogens is 1. The number of carbonyl (C=O) groups excluding carboxylic acids is 1. The fraction of sp³-hybridized carbons (Fsp3) is 0.667. The maximum absolute atomic E-state index is 12.4. The predicted molar refractivity (Wildman–Crippen MR) is 105 cm³/mol. The number of rotatable bonds is 4. The molecule has 0 bridgehead atoms. The number of hydrogen-bond donors (Lipinski definition) is 0. The second kappa shape index (κ2) is 7.77. The smallest absolute Gasteiger partial charge is 0.312 e. The lowest BCUT2D eigenvalue weighted by Gasteiger charge is -2.36. The molecule has 5 heteroatoms. The van der Waals surface area contributed by atoms with E-state index in [9.17, 15) is 4.79 Å². The third kappa shape index (κ3) is 3.72. The SMILES string of the molecule is O=C1O[C@H](CCN2CCN(c3ccccc3Cl)CC2)CC12CCCCC2. The minimum Gasteiger partial charge on any atom is -0.462 e. The zero-order valence-corrected chi connectivity index (χ0v) is 16.2. The van der Waals surface area contributed by atoms with Gasteiger partial charge in [-0.05, 0) is 31.4 Å².